The van der Waals surface area contributed by atoms with Gasteiger partial charge in [-0.2, -0.15) is 5.10 Å². The summed E-state index contributed by atoms with van der Waals surface area (Å²) in [4.78, 5) is 0. The largest absolute Gasteiger partial charge is 0.375 e. The van der Waals surface area contributed by atoms with Gasteiger partial charge in [0.25, 0.3) is 0 Å². The van der Waals surface area contributed by atoms with E-state index in [9.17, 15) is 0 Å². The topological polar surface area (TPSA) is 39.1 Å². The van der Waals surface area contributed by atoms with Crippen LogP contribution in [0.2, 0.25) is 0 Å². The van der Waals surface area contributed by atoms with Crippen molar-refractivity contribution in [2.75, 3.05) is 6.54 Å². The fraction of sp³-hybridized carbons (Fsp3) is 0.824. The number of hydrogen-bond acceptors (Lipinski definition) is 3. The Morgan fingerprint density at radius 2 is 2.05 bits per heavy atom. The molecule has 0 aliphatic carbocycles. The molecule has 4 heteroatoms. The molecule has 0 amide bonds. The summed E-state index contributed by atoms with van der Waals surface area (Å²) < 4.78 is 8.06. The number of aryl methyl sites for hydroxylation is 1. The smallest absolute Gasteiger partial charge is 0.0597 e. The molecule has 1 fully saturated rings. The minimum absolute atomic E-state index is 0.325. The summed E-state index contributed by atoms with van der Waals surface area (Å²) >= 11 is 0. The van der Waals surface area contributed by atoms with E-state index in [4.69, 9.17) is 4.74 Å². The van der Waals surface area contributed by atoms with Crippen molar-refractivity contribution in [2.24, 2.45) is 11.8 Å². The zero-order chi connectivity index (χ0) is 15.4. The van der Waals surface area contributed by atoms with E-state index in [1.807, 2.05) is 10.9 Å². The van der Waals surface area contributed by atoms with Crippen molar-refractivity contribution in [1.29, 1.82) is 0 Å². The van der Waals surface area contributed by atoms with Gasteiger partial charge in [-0.15, -0.1) is 0 Å². The van der Waals surface area contributed by atoms with Gasteiger partial charge < -0.3 is 10.1 Å². The van der Waals surface area contributed by atoms with Crippen LogP contribution in [0.5, 0.6) is 0 Å². The molecule has 1 saturated heterocycles. The quantitative estimate of drug-likeness (QED) is 0.840. The van der Waals surface area contributed by atoms with Crippen molar-refractivity contribution >= 4 is 0 Å². The van der Waals surface area contributed by atoms with Gasteiger partial charge in [-0.1, -0.05) is 13.8 Å². The number of hydrogen-bond donors (Lipinski definition) is 1. The van der Waals surface area contributed by atoms with E-state index < -0.39 is 0 Å². The maximum Gasteiger partial charge on any atom is 0.0597 e. The highest BCUT2D eigenvalue weighted by molar-refractivity contribution is 5.08. The average molecular weight is 293 g/mol. The van der Waals surface area contributed by atoms with Gasteiger partial charge in [-0.05, 0) is 51.6 Å². The molecule has 4 nitrogen and oxygen atoms in total. The lowest BCUT2D eigenvalue weighted by molar-refractivity contribution is 0.0476. The van der Waals surface area contributed by atoms with Crippen molar-refractivity contribution in [2.45, 2.75) is 72.3 Å². The van der Waals surface area contributed by atoms with Gasteiger partial charge in [0.15, 0.2) is 0 Å². The van der Waals surface area contributed by atoms with Gasteiger partial charge in [-0.25, -0.2) is 0 Å². The van der Waals surface area contributed by atoms with Crippen LogP contribution in [0, 0.1) is 11.8 Å². The summed E-state index contributed by atoms with van der Waals surface area (Å²) in [5, 5.41) is 8.16. The molecule has 2 rings (SSSR count). The van der Waals surface area contributed by atoms with Gasteiger partial charge in [0.2, 0.25) is 0 Å². The first-order chi connectivity index (χ1) is 10.1. The Kier molecular flexibility index (Phi) is 5.82. The molecule has 2 heterocycles. The van der Waals surface area contributed by atoms with E-state index in [1.165, 1.54) is 5.56 Å². The summed E-state index contributed by atoms with van der Waals surface area (Å²) in [7, 11) is 0. The molecular weight excluding hydrogens is 262 g/mol. The van der Waals surface area contributed by atoms with Crippen molar-refractivity contribution in [3.8, 4) is 0 Å². The first-order valence-corrected chi connectivity index (χ1v) is 8.47. The summed E-state index contributed by atoms with van der Waals surface area (Å²) in [6, 6.07) is 0.467. The number of aromatic nitrogens is 2. The summed E-state index contributed by atoms with van der Waals surface area (Å²) in [6.07, 6.45) is 7.07. The van der Waals surface area contributed by atoms with Crippen LogP contribution in [0.1, 0.15) is 46.6 Å². The molecule has 0 aromatic carbocycles. The van der Waals surface area contributed by atoms with Crippen LogP contribution in [0.3, 0.4) is 0 Å². The Hall–Kier alpha value is -0.870. The Bertz CT molecular complexity index is 431. The third-order valence-electron chi connectivity index (χ3n) is 4.91. The van der Waals surface area contributed by atoms with Gasteiger partial charge in [-0.3, -0.25) is 4.68 Å². The van der Waals surface area contributed by atoms with Crippen LogP contribution in [0.4, 0.5) is 0 Å². The van der Waals surface area contributed by atoms with E-state index in [0.29, 0.717) is 30.1 Å². The molecule has 0 spiro atoms. The van der Waals surface area contributed by atoms with Crippen molar-refractivity contribution in [3.63, 3.8) is 0 Å². The molecule has 1 aliphatic rings. The van der Waals surface area contributed by atoms with Crippen LogP contribution < -0.4 is 5.32 Å². The van der Waals surface area contributed by atoms with E-state index in [-0.39, 0.29) is 0 Å². The number of nitrogens with one attached hydrogen (secondary N) is 1. The van der Waals surface area contributed by atoms with Crippen molar-refractivity contribution < 1.29 is 4.74 Å². The highest BCUT2D eigenvalue weighted by Crippen LogP contribution is 2.35. The molecule has 0 radical (unpaired) electrons. The van der Waals surface area contributed by atoms with Gasteiger partial charge in [0.05, 0.1) is 18.4 Å². The van der Waals surface area contributed by atoms with E-state index in [1.54, 1.807) is 0 Å². The molecule has 120 valence electrons. The van der Waals surface area contributed by atoms with E-state index in [2.05, 4.69) is 51.2 Å². The third-order valence-corrected chi connectivity index (χ3v) is 4.91. The average Bonchev–Trinajstić information content (AvgIpc) is 3.01. The normalized spacial score (nSPS) is 30.7. The van der Waals surface area contributed by atoms with Crippen LogP contribution in [-0.2, 0) is 17.7 Å². The zero-order valence-corrected chi connectivity index (χ0v) is 14.2. The SMILES string of the molecule is CCCNC(Cc1cnn(CC)c1)C1C(C)OC(C)C1C. The van der Waals surface area contributed by atoms with Crippen LogP contribution in [-0.4, -0.2) is 34.6 Å². The molecule has 0 saturated carbocycles. The zero-order valence-electron chi connectivity index (χ0n) is 14.2. The minimum atomic E-state index is 0.325. The maximum absolute atomic E-state index is 6.05. The standard InChI is InChI=1S/C17H31N3O/c1-6-8-18-16(9-15-10-19-20(7-2)11-15)17-12(3)13(4)21-14(17)5/h10-14,16-18H,6-9H2,1-5H3. The summed E-state index contributed by atoms with van der Waals surface area (Å²) in [5.74, 6) is 1.16. The molecule has 1 aromatic heterocycles. The predicted octanol–water partition coefficient (Wildman–Crippen LogP) is 2.87. The molecule has 5 atom stereocenters. The highest BCUT2D eigenvalue weighted by Gasteiger charge is 2.41. The van der Waals surface area contributed by atoms with Crippen LogP contribution in [0.25, 0.3) is 0 Å². The first kappa shape index (κ1) is 16.5. The Morgan fingerprint density at radius 3 is 2.57 bits per heavy atom. The Morgan fingerprint density at radius 1 is 1.29 bits per heavy atom. The van der Waals surface area contributed by atoms with Gasteiger partial charge in [0, 0.05) is 24.7 Å². The summed E-state index contributed by atoms with van der Waals surface area (Å²) in [5.41, 5.74) is 1.32. The number of nitrogens with zero attached hydrogens (tertiary/aromatic N) is 2. The molecule has 5 unspecified atom stereocenters. The second-order valence-electron chi connectivity index (χ2n) is 6.45. The van der Waals surface area contributed by atoms with Gasteiger partial charge >= 0.3 is 0 Å². The summed E-state index contributed by atoms with van der Waals surface area (Å²) in [6.45, 7) is 13.1. The fourth-order valence-corrected chi connectivity index (χ4v) is 3.60. The number of rotatable bonds is 7. The molecule has 0 bridgehead atoms. The second kappa shape index (κ2) is 7.41. The first-order valence-electron chi connectivity index (χ1n) is 8.47. The Labute approximate surface area is 129 Å². The van der Waals surface area contributed by atoms with Crippen molar-refractivity contribution in [1.82, 2.24) is 15.1 Å². The molecule has 1 N–H and O–H groups in total. The minimum Gasteiger partial charge on any atom is -0.375 e. The maximum atomic E-state index is 6.05. The van der Waals surface area contributed by atoms with Crippen molar-refractivity contribution in [3.05, 3.63) is 18.0 Å². The van der Waals surface area contributed by atoms with Crippen LogP contribution in [0.15, 0.2) is 12.4 Å². The second-order valence-corrected chi connectivity index (χ2v) is 6.45. The van der Waals surface area contributed by atoms with Crippen LogP contribution >= 0.6 is 0 Å². The number of ether oxygens (including phenoxy) is 1. The Balaban J connectivity index is 2.10. The monoisotopic (exact) mass is 293 g/mol. The lowest BCUT2D eigenvalue weighted by Gasteiger charge is -2.29. The fourth-order valence-electron chi connectivity index (χ4n) is 3.60. The molecule has 21 heavy (non-hydrogen) atoms. The highest BCUT2D eigenvalue weighted by atomic mass is 16.5. The lowest BCUT2D eigenvalue weighted by atomic mass is 9.81. The third kappa shape index (κ3) is 3.86. The molecule has 1 aliphatic heterocycles. The van der Waals surface area contributed by atoms with E-state index >= 15 is 0 Å². The molecular formula is C17H31N3O. The lowest BCUT2D eigenvalue weighted by Crippen LogP contribution is -2.43. The van der Waals surface area contributed by atoms with Gasteiger partial charge in [0.1, 0.15) is 0 Å². The van der Waals surface area contributed by atoms with E-state index in [0.717, 1.165) is 25.9 Å². The predicted molar refractivity (Wildman–Crippen MR) is 86.3 cm³/mol. The molecule has 1 aromatic rings.